The first-order valence-electron chi connectivity index (χ1n) is 9.64. The van der Waals surface area contributed by atoms with Gasteiger partial charge < -0.3 is 5.32 Å². The van der Waals surface area contributed by atoms with E-state index in [1.807, 2.05) is 37.3 Å². The predicted octanol–water partition coefficient (Wildman–Crippen LogP) is 6.35. The fraction of sp³-hybridized carbons (Fsp3) is 0.0800. The average Bonchev–Trinajstić information content (AvgIpc) is 2.79. The van der Waals surface area contributed by atoms with Crippen LogP contribution in [0.3, 0.4) is 0 Å². The van der Waals surface area contributed by atoms with Gasteiger partial charge in [-0.2, -0.15) is 18.4 Å². The monoisotopic (exact) mass is 431 g/mol. The van der Waals surface area contributed by atoms with Crippen molar-refractivity contribution in [3.05, 3.63) is 95.3 Å². The van der Waals surface area contributed by atoms with Crippen molar-refractivity contribution in [2.75, 3.05) is 5.32 Å². The molecule has 7 heteroatoms. The minimum atomic E-state index is -4.62. The summed E-state index contributed by atoms with van der Waals surface area (Å²) in [5.41, 5.74) is 1.68. The molecule has 4 aromatic rings. The summed E-state index contributed by atoms with van der Waals surface area (Å²) in [5, 5.41) is 13.8. The van der Waals surface area contributed by atoms with Crippen LogP contribution in [0.2, 0.25) is 0 Å². The zero-order chi connectivity index (χ0) is 22.9. The number of aryl methyl sites for hydroxylation is 1. The lowest BCUT2D eigenvalue weighted by Crippen LogP contribution is -2.16. The van der Waals surface area contributed by atoms with Crippen LogP contribution in [0, 0.1) is 18.3 Å². The van der Waals surface area contributed by atoms with Crippen LogP contribution in [0.25, 0.3) is 21.9 Å². The summed E-state index contributed by atoms with van der Waals surface area (Å²) in [7, 11) is 0. The molecule has 0 aliphatic rings. The lowest BCUT2D eigenvalue weighted by molar-refractivity contribution is -0.137. The summed E-state index contributed by atoms with van der Waals surface area (Å²) >= 11 is 0. The van der Waals surface area contributed by atoms with Gasteiger partial charge in [0.25, 0.3) is 5.91 Å². The van der Waals surface area contributed by atoms with Gasteiger partial charge in [-0.25, -0.2) is 0 Å². The number of benzene rings is 3. The molecule has 1 aromatic heterocycles. The van der Waals surface area contributed by atoms with Crippen molar-refractivity contribution in [3.63, 3.8) is 0 Å². The summed E-state index contributed by atoms with van der Waals surface area (Å²) in [4.78, 5) is 16.9. The van der Waals surface area contributed by atoms with Gasteiger partial charge in [0.2, 0.25) is 0 Å². The molecule has 4 rings (SSSR count). The number of fused-ring (bicyclic) bond motifs is 1. The summed E-state index contributed by atoms with van der Waals surface area (Å²) in [6, 6.07) is 17.3. The fourth-order valence-corrected chi connectivity index (χ4v) is 3.47. The molecule has 158 valence electrons. The number of halogens is 3. The Morgan fingerprint density at radius 2 is 1.81 bits per heavy atom. The molecule has 0 saturated heterocycles. The third kappa shape index (κ3) is 4.16. The molecule has 32 heavy (non-hydrogen) atoms. The third-order valence-electron chi connectivity index (χ3n) is 5.16. The van der Waals surface area contributed by atoms with Gasteiger partial charge in [0.15, 0.2) is 0 Å². The van der Waals surface area contributed by atoms with Gasteiger partial charge >= 0.3 is 6.18 Å². The fourth-order valence-electron chi connectivity index (χ4n) is 3.47. The Labute approximate surface area is 182 Å². The number of hydrogen-bond acceptors (Lipinski definition) is 3. The van der Waals surface area contributed by atoms with Gasteiger partial charge in [-0.3, -0.25) is 9.78 Å². The number of amides is 1. The number of hydrogen-bond donors (Lipinski definition) is 1. The van der Waals surface area contributed by atoms with Crippen molar-refractivity contribution >= 4 is 22.4 Å². The van der Waals surface area contributed by atoms with Crippen LogP contribution < -0.4 is 5.32 Å². The van der Waals surface area contributed by atoms with Crippen molar-refractivity contribution in [2.24, 2.45) is 0 Å². The molecule has 3 aromatic carbocycles. The largest absolute Gasteiger partial charge is 0.416 e. The zero-order valence-electron chi connectivity index (χ0n) is 16.9. The van der Waals surface area contributed by atoms with E-state index in [2.05, 4.69) is 10.3 Å². The number of rotatable bonds is 3. The molecular formula is C25H16F3N3O. The summed E-state index contributed by atoms with van der Waals surface area (Å²) in [6.45, 7) is 1.93. The molecule has 0 unspecified atom stereocenters. The van der Waals surface area contributed by atoms with Gasteiger partial charge in [0, 0.05) is 23.5 Å². The topological polar surface area (TPSA) is 65.8 Å². The van der Waals surface area contributed by atoms with Crippen molar-refractivity contribution in [1.82, 2.24) is 4.98 Å². The van der Waals surface area contributed by atoms with Gasteiger partial charge in [-0.05, 0) is 71.5 Å². The van der Waals surface area contributed by atoms with E-state index >= 15 is 0 Å². The minimum Gasteiger partial charge on any atom is -0.322 e. The Bertz CT molecular complexity index is 1390. The standard InChI is InChI=1S/C25H16F3N3O/c1-15-2-7-21(12-22(15)17-4-3-16-8-9-30-14-19(16)10-17)31-24(32)23-11-20(25(26,27)28)6-5-18(23)13-29/h2-12,14H,1H3,(H,31,32). The molecule has 4 nitrogen and oxygen atoms in total. The van der Waals surface area contributed by atoms with Gasteiger partial charge in [0.05, 0.1) is 22.8 Å². The predicted molar refractivity (Wildman–Crippen MR) is 116 cm³/mol. The third-order valence-corrected chi connectivity index (χ3v) is 5.16. The second-order valence-electron chi connectivity index (χ2n) is 7.29. The van der Waals surface area contributed by atoms with Crippen LogP contribution >= 0.6 is 0 Å². The highest BCUT2D eigenvalue weighted by molar-refractivity contribution is 6.06. The Kier molecular flexibility index (Phi) is 5.37. The van der Waals surface area contributed by atoms with Gasteiger partial charge in [-0.15, -0.1) is 0 Å². The van der Waals surface area contributed by atoms with Gasteiger partial charge in [0.1, 0.15) is 0 Å². The van der Waals surface area contributed by atoms with Crippen LogP contribution in [0.5, 0.6) is 0 Å². The Morgan fingerprint density at radius 1 is 1.00 bits per heavy atom. The van der Waals surface area contributed by atoms with E-state index in [4.69, 9.17) is 0 Å². The number of carbonyl (C=O) groups is 1. The summed E-state index contributed by atoms with van der Waals surface area (Å²) in [6.07, 6.45) is -1.14. The zero-order valence-corrected chi connectivity index (χ0v) is 16.9. The highest BCUT2D eigenvalue weighted by Gasteiger charge is 2.31. The minimum absolute atomic E-state index is 0.134. The molecule has 0 fully saturated rings. The Morgan fingerprint density at radius 3 is 2.56 bits per heavy atom. The maximum Gasteiger partial charge on any atom is 0.416 e. The highest BCUT2D eigenvalue weighted by atomic mass is 19.4. The normalized spacial score (nSPS) is 11.2. The molecule has 1 heterocycles. The quantitative estimate of drug-likeness (QED) is 0.411. The van der Waals surface area contributed by atoms with E-state index in [1.165, 1.54) is 0 Å². The molecule has 0 atom stereocenters. The number of aromatic nitrogens is 1. The first kappa shape index (κ1) is 21.1. The van der Waals surface area contributed by atoms with Gasteiger partial charge in [-0.1, -0.05) is 18.2 Å². The van der Waals surface area contributed by atoms with Crippen LogP contribution in [0.4, 0.5) is 18.9 Å². The second kappa shape index (κ2) is 8.16. The molecule has 0 aliphatic heterocycles. The second-order valence-corrected chi connectivity index (χ2v) is 7.29. The molecule has 0 spiro atoms. The maximum absolute atomic E-state index is 13.1. The van der Waals surface area contributed by atoms with Crippen molar-refractivity contribution < 1.29 is 18.0 Å². The van der Waals surface area contributed by atoms with Crippen LogP contribution in [0.1, 0.15) is 27.0 Å². The number of pyridine rings is 1. The molecular weight excluding hydrogens is 415 g/mol. The van der Waals surface area contributed by atoms with Crippen molar-refractivity contribution in [2.45, 2.75) is 13.1 Å². The number of anilines is 1. The van der Waals surface area contributed by atoms with E-state index in [1.54, 1.807) is 30.6 Å². The molecule has 0 aliphatic carbocycles. The highest BCUT2D eigenvalue weighted by Crippen LogP contribution is 2.32. The molecule has 1 amide bonds. The van der Waals surface area contributed by atoms with Crippen LogP contribution in [-0.2, 0) is 6.18 Å². The number of carbonyl (C=O) groups excluding carboxylic acids is 1. The Hall–Kier alpha value is -4.18. The lowest BCUT2D eigenvalue weighted by atomic mass is 9.97. The smallest absolute Gasteiger partial charge is 0.322 e. The average molecular weight is 431 g/mol. The first-order chi connectivity index (χ1) is 15.3. The van der Waals surface area contributed by atoms with E-state index in [0.29, 0.717) is 11.8 Å². The van der Waals surface area contributed by atoms with E-state index in [-0.39, 0.29) is 11.1 Å². The number of alkyl halides is 3. The lowest BCUT2D eigenvalue weighted by Gasteiger charge is -2.13. The molecule has 1 N–H and O–H groups in total. The first-order valence-corrected chi connectivity index (χ1v) is 9.64. The van der Waals surface area contributed by atoms with E-state index in [9.17, 15) is 23.2 Å². The summed E-state index contributed by atoms with van der Waals surface area (Å²) in [5.74, 6) is -0.787. The van der Waals surface area contributed by atoms with Crippen LogP contribution in [-0.4, -0.2) is 10.9 Å². The van der Waals surface area contributed by atoms with Crippen LogP contribution in [0.15, 0.2) is 73.1 Å². The molecule has 0 bridgehead atoms. The Balaban J connectivity index is 1.69. The molecule has 0 saturated carbocycles. The number of nitrogens with zero attached hydrogens (tertiary/aromatic N) is 2. The summed E-state index contributed by atoms with van der Waals surface area (Å²) < 4.78 is 39.2. The van der Waals surface area contributed by atoms with E-state index in [0.717, 1.165) is 39.6 Å². The van der Waals surface area contributed by atoms with E-state index < -0.39 is 17.6 Å². The molecule has 0 radical (unpaired) electrons. The maximum atomic E-state index is 13.1. The van der Waals surface area contributed by atoms with Crippen molar-refractivity contribution in [3.8, 4) is 17.2 Å². The number of nitriles is 1. The number of nitrogens with one attached hydrogen (secondary N) is 1. The van der Waals surface area contributed by atoms with Crippen molar-refractivity contribution in [1.29, 1.82) is 5.26 Å². The SMILES string of the molecule is Cc1ccc(NC(=O)c2cc(C(F)(F)F)ccc2C#N)cc1-c1ccc2ccncc2c1.